The molecule has 10 fully saturated rings. The van der Waals surface area contributed by atoms with E-state index < -0.39 is 86.4 Å². The first-order chi connectivity index (χ1) is 42.0. The zero-order valence-electron chi connectivity index (χ0n) is 52.0. The largest absolute Gasteiger partial charge is 0.454 e. The van der Waals surface area contributed by atoms with Gasteiger partial charge in [0.2, 0.25) is 0 Å². The van der Waals surface area contributed by atoms with E-state index in [4.69, 9.17) is 4.74 Å². The first kappa shape index (κ1) is 57.9. The first-order valence-corrected chi connectivity index (χ1v) is 35.0. The van der Waals surface area contributed by atoms with Gasteiger partial charge in [-0.15, -0.1) is 0 Å². The number of fused-ring (bicyclic) bond motifs is 1. The number of carbonyl (C=O) groups is 2. The number of aldehydes is 1. The fraction of sp³-hybridized carbons (Fsp3) is 0.688. The Morgan fingerprint density at radius 2 is 1.54 bits per heavy atom. The number of ether oxygens (including phenoxy) is 1. The maximum atomic E-state index is 15.8. The number of likely N-dealkylation sites (N-methyl/N-ethyl adjacent to an activating group) is 1. The number of esters is 1. The molecule has 0 amide bonds. The van der Waals surface area contributed by atoms with Crippen molar-refractivity contribution in [3.63, 3.8) is 0 Å². The van der Waals surface area contributed by atoms with Crippen molar-refractivity contribution < 1.29 is 45.0 Å². The van der Waals surface area contributed by atoms with E-state index in [2.05, 4.69) is 85.6 Å². The van der Waals surface area contributed by atoms with Gasteiger partial charge in [-0.05, 0) is 234 Å². The van der Waals surface area contributed by atoms with Crippen LogP contribution < -0.4 is 5.32 Å². The van der Waals surface area contributed by atoms with Crippen LogP contribution in [-0.4, -0.2) is 91.1 Å². The Morgan fingerprint density at radius 1 is 0.759 bits per heavy atom. The highest BCUT2D eigenvalue weighted by Crippen LogP contribution is 2.81. The van der Waals surface area contributed by atoms with Gasteiger partial charge in [0.15, 0.2) is 0 Å². The quantitative estimate of drug-likeness (QED) is 0.0714. The maximum Gasteiger partial charge on any atom is 0.331 e. The lowest BCUT2D eigenvalue weighted by atomic mass is 9.32. The van der Waals surface area contributed by atoms with Crippen LogP contribution in [0.5, 0.6) is 0 Å². The zero-order chi connectivity index (χ0) is 59.8. The monoisotopic (exact) mass is 1180 g/mol. The lowest BCUT2D eigenvalue weighted by molar-refractivity contribution is -0.386. The summed E-state index contributed by atoms with van der Waals surface area (Å²) in [5.74, 6) is 5.91. The number of carbonyl (C=O) groups excluding carboxylic acids is 2. The Hall–Kier alpha value is -4.18. The number of aliphatic hydroxyl groups excluding tert-OH is 3. The van der Waals surface area contributed by atoms with Crippen LogP contribution in [0, 0.1) is 105 Å². The van der Waals surface area contributed by atoms with Crippen molar-refractivity contribution in [3.8, 4) is 11.8 Å². The van der Waals surface area contributed by atoms with Gasteiger partial charge in [0.05, 0.1) is 29.8 Å². The molecule has 0 radical (unpaired) electrons. The second-order valence-corrected chi connectivity index (χ2v) is 32.3. The van der Waals surface area contributed by atoms with Gasteiger partial charge < -0.3 is 45.5 Å². The standard InChI is InChI=1S/C77H97NO9/c1-4-57-52-15-7-10-45(31-52)30-46-22-26-71(38-46)27-23-48-13-8-17-55(40-79)58(48)36-64(78-3)59-34-56-39-75(84)73(41-71,67(56)60-37-66(81)87-68(59)60)29-25-65-74(43-80)42-72(28-24-54-33-51(19-20-61(54)72)50-14-9-16-53(57)32-50)69(82)62-21-18-49(44(2)47-11-5-6-12-47)35-63(76(62,74)85)70(83)77(65,75)86/h7-10,13-17,31-32,37,43-44,46-47,49,51,54,56-57,59,61-65,67-70,78-79,82-86H,4-6,11-12,18-22,24-26,28-30,33-36,38-42H2,1-3H3. The minimum Gasteiger partial charge on any atom is -0.454 e. The molecule has 20 rings (SSSR count). The number of aliphatic hydroxyl groups is 6. The van der Waals surface area contributed by atoms with Crippen LogP contribution >= 0.6 is 0 Å². The molecule has 7 N–H and O–H groups in total. The van der Waals surface area contributed by atoms with E-state index in [0.717, 1.165) is 112 Å². The van der Waals surface area contributed by atoms with Crippen molar-refractivity contribution in [2.24, 2.45) is 92.7 Å². The Kier molecular flexibility index (Phi) is 13.8. The molecular formula is C77H97NO9. The highest BCUT2D eigenvalue weighted by atomic mass is 16.5. The molecule has 3 aromatic carbocycles. The Labute approximate surface area is 516 Å². The summed E-state index contributed by atoms with van der Waals surface area (Å²) in [5, 5.41) is 88.8. The number of hydrogen-bond donors (Lipinski definition) is 7. The fourth-order valence-corrected chi connectivity index (χ4v) is 26.0. The molecule has 3 spiro atoms. The predicted octanol–water partition coefficient (Wildman–Crippen LogP) is 11.2. The molecule has 87 heavy (non-hydrogen) atoms. The van der Waals surface area contributed by atoms with Gasteiger partial charge in [0.1, 0.15) is 23.6 Å². The number of rotatable bonds is 6. The zero-order valence-corrected chi connectivity index (χ0v) is 52.0. The Bertz CT molecular complexity index is 3340. The second kappa shape index (κ2) is 20.7. The summed E-state index contributed by atoms with van der Waals surface area (Å²) in [6.45, 7) is 4.54. The lowest BCUT2D eigenvalue weighted by Gasteiger charge is -2.75. The summed E-state index contributed by atoms with van der Waals surface area (Å²) < 4.78 is 6.58. The minimum absolute atomic E-state index is 0.0621. The van der Waals surface area contributed by atoms with Crippen LogP contribution in [0.25, 0.3) is 0 Å². The first-order valence-electron chi connectivity index (χ1n) is 35.0. The molecule has 24 atom stereocenters. The van der Waals surface area contributed by atoms with Gasteiger partial charge in [-0.3, -0.25) is 0 Å². The highest BCUT2D eigenvalue weighted by Gasteiger charge is 2.87. The molecule has 10 heteroatoms. The molecule has 464 valence electrons. The topological polar surface area (TPSA) is 177 Å². The molecule has 0 aromatic heterocycles. The minimum atomic E-state index is -2.28. The van der Waals surface area contributed by atoms with E-state index in [1.165, 1.54) is 35.1 Å². The van der Waals surface area contributed by atoms with E-state index in [1.54, 1.807) is 6.08 Å². The van der Waals surface area contributed by atoms with E-state index in [0.29, 0.717) is 56.3 Å². The number of benzene rings is 3. The molecule has 17 aliphatic rings. The van der Waals surface area contributed by atoms with Gasteiger partial charge in [-0.25, -0.2) is 4.79 Å². The third-order valence-corrected chi connectivity index (χ3v) is 29.5. The van der Waals surface area contributed by atoms with Crippen LogP contribution in [0.4, 0.5) is 0 Å². The molecule has 17 bridgehead atoms. The molecular weight excluding hydrogens is 1080 g/mol. The molecule has 10 nitrogen and oxygen atoms in total. The summed E-state index contributed by atoms with van der Waals surface area (Å²) in [5.41, 5.74) is -1.43. The molecule has 3 aromatic rings. The van der Waals surface area contributed by atoms with Gasteiger partial charge in [-0.1, -0.05) is 112 Å². The average Bonchev–Trinajstić information content (AvgIpc) is 1.63. The van der Waals surface area contributed by atoms with E-state index >= 15 is 15.0 Å². The fourth-order valence-electron chi connectivity index (χ4n) is 26.0. The molecule has 1 heterocycles. The summed E-state index contributed by atoms with van der Waals surface area (Å²) in [4.78, 5) is 30.1. The summed E-state index contributed by atoms with van der Waals surface area (Å²) >= 11 is 0. The molecule has 1 aliphatic heterocycles. The summed E-state index contributed by atoms with van der Waals surface area (Å²) in [6, 6.07) is 24.6. The van der Waals surface area contributed by atoms with Gasteiger partial charge in [0, 0.05) is 63.5 Å². The van der Waals surface area contributed by atoms with Crippen molar-refractivity contribution in [3.05, 3.63) is 117 Å². The number of hydrogen-bond acceptors (Lipinski definition) is 10. The Morgan fingerprint density at radius 3 is 2.33 bits per heavy atom. The second-order valence-electron chi connectivity index (χ2n) is 32.3. The lowest BCUT2D eigenvalue weighted by Crippen LogP contribution is -2.86. The number of nitrogens with one attached hydrogen (secondary N) is 1. The van der Waals surface area contributed by atoms with Gasteiger partial charge >= 0.3 is 5.97 Å². The van der Waals surface area contributed by atoms with Crippen LogP contribution in [0.3, 0.4) is 0 Å². The van der Waals surface area contributed by atoms with Crippen LogP contribution in [0.15, 0.2) is 78.4 Å². The third-order valence-electron chi connectivity index (χ3n) is 29.5. The smallest absolute Gasteiger partial charge is 0.331 e. The average molecular weight is 1180 g/mol. The van der Waals surface area contributed by atoms with E-state index in [-0.39, 0.29) is 73.3 Å². The van der Waals surface area contributed by atoms with Crippen LogP contribution in [0.2, 0.25) is 0 Å². The maximum absolute atomic E-state index is 15.8. The third kappa shape index (κ3) is 7.90. The molecule has 16 aliphatic carbocycles. The van der Waals surface area contributed by atoms with E-state index in [9.17, 15) is 25.2 Å². The summed E-state index contributed by atoms with van der Waals surface area (Å²) in [6.07, 6.45) is 17.2. The SMILES string of the molecule is CCC1c2cccc(c2)CC2CCC3(C#Cc4cccc(CO)c4CC(NC)C4CC5CC6(O)C(CCC7C8(C=O)CC9(CCC%10CC(CCC%109)c9cccc1c9)C(O)C1CCC(C(C)C9CCCC9)CC(C(O)C76O)C18O)(C3)C5C1=CC(=O)OC14)C2. The molecule has 0 saturated heterocycles. The van der Waals surface area contributed by atoms with Gasteiger partial charge in [-0.2, -0.15) is 0 Å². The Balaban J connectivity index is 0.937. The van der Waals surface area contributed by atoms with Crippen LogP contribution in [-0.2, 0) is 33.8 Å². The van der Waals surface area contributed by atoms with Crippen LogP contribution in [0.1, 0.15) is 206 Å². The van der Waals surface area contributed by atoms with Gasteiger partial charge in [0.25, 0.3) is 0 Å². The van der Waals surface area contributed by atoms with E-state index in [1.807, 2.05) is 19.2 Å². The van der Waals surface area contributed by atoms with Crippen molar-refractivity contribution in [1.29, 1.82) is 0 Å². The van der Waals surface area contributed by atoms with Crippen molar-refractivity contribution in [1.82, 2.24) is 5.32 Å². The highest BCUT2D eigenvalue weighted by molar-refractivity contribution is 5.86. The van der Waals surface area contributed by atoms with Crippen molar-refractivity contribution in [2.75, 3.05) is 7.05 Å². The normalized spacial score (nSPS) is 47.6. The predicted molar refractivity (Wildman–Crippen MR) is 332 cm³/mol. The van der Waals surface area contributed by atoms with Crippen molar-refractivity contribution in [2.45, 2.75) is 228 Å². The molecule has 24 unspecified atom stereocenters. The summed E-state index contributed by atoms with van der Waals surface area (Å²) in [7, 11) is 1.96. The van der Waals surface area contributed by atoms with Crippen molar-refractivity contribution >= 4 is 12.3 Å². The molecule has 10 saturated carbocycles.